The molecule has 0 heterocycles. The highest BCUT2D eigenvalue weighted by atomic mass is 28.3. The van der Waals surface area contributed by atoms with Gasteiger partial charge >= 0.3 is 9.53 Å². The summed E-state index contributed by atoms with van der Waals surface area (Å²) < 4.78 is 15.7. The molecular formula is C10H26O3Si. The van der Waals surface area contributed by atoms with Crippen molar-refractivity contribution in [3.63, 3.8) is 0 Å². The van der Waals surface area contributed by atoms with Crippen molar-refractivity contribution in [1.82, 2.24) is 0 Å². The first-order valence-electron chi connectivity index (χ1n) is 5.61. The van der Waals surface area contributed by atoms with Crippen LogP contribution in [0.15, 0.2) is 0 Å². The molecule has 3 nitrogen and oxygen atoms in total. The fourth-order valence-electron chi connectivity index (χ4n) is 0.553. The highest BCUT2D eigenvalue weighted by Crippen LogP contribution is 1.91. The van der Waals surface area contributed by atoms with Gasteiger partial charge in [-0.05, 0) is 20.8 Å². The monoisotopic (exact) mass is 222 g/mol. The Kier molecular flexibility index (Phi) is 18.4. The second-order valence-electron chi connectivity index (χ2n) is 2.65. The topological polar surface area (TPSA) is 27.7 Å². The summed E-state index contributed by atoms with van der Waals surface area (Å²) in [5.74, 6) is 0. The van der Waals surface area contributed by atoms with Crippen LogP contribution >= 0.6 is 0 Å². The molecule has 88 valence electrons. The van der Waals surface area contributed by atoms with Gasteiger partial charge in [0.05, 0.1) is 0 Å². The Morgan fingerprint density at radius 2 is 0.929 bits per heavy atom. The Labute approximate surface area is 90.7 Å². The number of rotatable bonds is 7. The first-order chi connectivity index (χ1) is 6.76. The van der Waals surface area contributed by atoms with Crippen molar-refractivity contribution in [2.75, 3.05) is 19.8 Å². The Bertz CT molecular complexity index is 75.2. The zero-order chi connectivity index (χ0) is 11.2. The lowest BCUT2D eigenvalue weighted by molar-refractivity contribution is 0.107. The van der Waals surface area contributed by atoms with E-state index in [1.54, 1.807) is 0 Å². The molecule has 4 heteroatoms. The molecule has 0 aliphatic rings. The third kappa shape index (κ3) is 14.6. The van der Waals surface area contributed by atoms with Crippen LogP contribution in [0.1, 0.15) is 47.5 Å². The molecule has 0 fully saturated rings. The van der Waals surface area contributed by atoms with Gasteiger partial charge in [-0.25, -0.2) is 0 Å². The highest BCUT2D eigenvalue weighted by molar-refractivity contribution is 6.36. The number of hydrogen-bond acceptors (Lipinski definition) is 3. The van der Waals surface area contributed by atoms with Crippen molar-refractivity contribution in [3.8, 4) is 0 Å². The SMILES string of the molecule is CCCC.CCO[SiH](OCC)OCC. The van der Waals surface area contributed by atoms with Crippen LogP contribution in [0.25, 0.3) is 0 Å². The first-order valence-corrected chi connectivity index (χ1v) is 7.02. The molecule has 0 bridgehead atoms. The van der Waals surface area contributed by atoms with Crippen molar-refractivity contribution in [2.45, 2.75) is 47.5 Å². The molecule has 14 heavy (non-hydrogen) atoms. The lowest BCUT2D eigenvalue weighted by Gasteiger charge is -2.12. The Morgan fingerprint density at radius 1 is 0.643 bits per heavy atom. The van der Waals surface area contributed by atoms with Crippen LogP contribution in [0.5, 0.6) is 0 Å². The second-order valence-corrected chi connectivity index (χ2v) is 4.23. The predicted octanol–water partition coefficient (Wildman–Crippen LogP) is 2.62. The number of unbranched alkanes of at least 4 members (excludes halogenated alkanes) is 1. The van der Waals surface area contributed by atoms with Crippen LogP contribution in [0.3, 0.4) is 0 Å². The lowest BCUT2D eigenvalue weighted by Crippen LogP contribution is -2.27. The van der Waals surface area contributed by atoms with Crippen molar-refractivity contribution < 1.29 is 13.3 Å². The summed E-state index contributed by atoms with van der Waals surface area (Å²) in [6.45, 7) is 12.2. The van der Waals surface area contributed by atoms with Crippen LogP contribution < -0.4 is 0 Å². The van der Waals surface area contributed by atoms with E-state index in [0.717, 1.165) is 0 Å². The summed E-state index contributed by atoms with van der Waals surface area (Å²) in [7, 11) is -1.73. The molecule has 0 N–H and O–H groups in total. The van der Waals surface area contributed by atoms with E-state index in [1.807, 2.05) is 20.8 Å². The van der Waals surface area contributed by atoms with E-state index in [9.17, 15) is 0 Å². The summed E-state index contributed by atoms with van der Waals surface area (Å²) in [6, 6.07) is 0. The van der Waals surface area contributed by atoms with Gasteiger partial charge in [0.25, 0.3) is 0 Å². The standard InChI is InChI=1S/C6H16O3Si.C4H10/c1-4-7-10(8-5-2)9-6-3;1-3-4-2/h10H,4-6H2,1-3H3;3-4H2,1-2H3. The summed E-state index contributed by atoms with van der Waals surface area (Å²) in [4.78, 5) is 0. The average molecular weight is 222 g/mol. The lowest BCUT2D eigenvalue weighted by atomic mass is 10.4. The molecule has 0 rings (SSSR count). The molecule has 0 saturated heterocycles. The molecular weight excluding hydrogens is 196 g/mol. The molecule has 0 radical (unpaired) electrons. The first kappa shape index (κ1) is 16.5. The fourth-order valence-corrected chi connectivity index (χ4v) is 1.66. The third-order valence-corrected chi connectivity index (χ3v) is 3.22. The van der Waals surface area contributed by atoms with Crippen molar-refractivity contribution in [1.29, 1.82) is 0 Å². The van der Waals surface area contributed by atoms with Gasteiger partial charge in [0.15, 0.2) is 0 Å². The van der Waals surface area contributed by atoms with Crippen molar-refractivity contribution >= 4 is 9.53 Å². The van der Waals surface area contributed by atoms with E-state index < -0.39 is 9.53 Å². The van der Waals surface area contributed by atoms with Crippen molar-refractivity contribution in [2.24, 2.45) is 0 Å². The molecule has 0 atom stereocenters. The molecule has 0 aliphatic carbocycles. The quantitative estimate of drug-likeness (QED) is 0.620. The molecule has 0 aromatic heterocycles. The van der Waals surface area contributed by atoms with E-state index >= 15 is 0 Å². The van der Waals surface area contributed by atoms with Crippen molar-refractivity contribution in [3.05, 3.63) is 0 Å². The maximum atomic E-state index is 5.22. The third-order valence-electron chi connectivity index (χ3n) is 1.41. The normalized spacial score (nSPS) is 9.86. The molecule has 0 unspecified atom stereocenters. The second kappa shape index (κ2) is 15.6. The Morgan fingerprint density at radius 3 is 1.07 bits per heavy atom. The Balaban J connectivity index is 0. The largest absolute Gasteiger partial charge is 0.484 e. The highest BCUT2D eigenvalue weighted by Gasteiger charge is 2.11. The Hall–Kier alpha value is 0.0969. The summed E-state index contributed by atoms with van der Waals surface area (Å²) >= 11 is 0. The molecule has 0 spiro atoms. The van der Waals surface area contributed by atoms with Gasteiger partial charge in [-0.1, -0.05) is 26.7 Å². The van der Waals surface area contributed by atoms with Gasteiger partial charge in [0.1, 0.15) is 0 Å². The maximum Gasteiger partial charge on any atom is 0.484 e. The molecule has 0 amide bonds. The van der Waals surface area contributed by atoms with Gasteiger partial charge in [0, 0.05) is 19.8 Å². The van der Waals surface area contributed by atoms with E-state index in [0.29, 0.717) is 19.8 Å². The van der Waals surface area contributed by atoms with E-state index in [2.05, 4.69) is 13.8 Å². The minimum Gasteiger partial charge on any atom is -0.376 e. The number of hydrogen-bond donors (Lipinski definition) is 0. The molecule has 0 aromatic rings. The van der Waals surface area contributed by atoms with Gasteiger partial charge < -0.3 is 13.3 Å². The summed E-state index contributed by atoms with van der Waals surface area (Å²) in [5.41, 5.74) is 0. The van der Waals surface area contributed by atoms with E-state index in [-0.39, 0.29) is 0 Å². The minimum atomic E-state index is -1.73. The van der Waals surface area contributed by atoms with Crippen LogP contribution in [-0.4, -0.2) is 29.3 Å². The maximum absolute atomic E-state index is 5.22. The molecule has 0 saturated carbocycles. The zero-order valence-corrected chi connectivity index (χ0v) is 11.5. The van der Waals surface area contributed by atoms with E-state index in [4.69, 9.17) is 13.3 Å². The van der Waals surface area contributed by atoms with Crippen LogP contribution in [0.2, 0.25) is 0 Å². The van der Waals surface area contributed by atoms with E-state index in [1.165, 1.54) is 12.8 Å². The zero-order valence-electron chi connectivity index (χ0n) is 10.3. The smallest absolute Gasteiger partial charge is 0.376 e. The van der Waals surface area contributed by atoms with Gasteiger partial charge in [0.2, 0.25) is 0 Å². The molecule has 0 aromatic carbocycles. The summed E-state index contributed by atoms with van der Waals surface area (Å²) in [6.07, 6.45) is 2.64. The molecule has 0 aliphatic heterocycles. The van der Waals surface area contributed by atoms with Gasteiger partial charge in [-0.15, -0.1) is 0 Å². The fraction of sp³-hybridized carbons (Fsp3) is 1.00. The average Bonchev–Trinajstić information content (AvgIpc) is 2.20. The van der Waals surface area contributed by atoms with Crippen LogP contribution in [-0.2, 0) is 13.3 Å². The van der Waals surface area contributed by atoms with Crippen LogP contribution in [0, 0.1) is 0 Å². The summed E-state index contributed by atoms with van der Waals surface area (Å²) in [5, 5.41) is 0. The minimum absolute atomic E-state index is 0.677. The predicted molar refractivity (Wildman–Crippen MR) is 62.6 cm³/mol. The van der Waals surface area contributed by atoms with Crippen LogP contribution in [0.4, 0.5) is 0 Å². The van der Waals surface area contributed by atoms with Gasteiger partial charge in [-0.2, -0.15) is 0 Å². The van der Waals surface area contributed by atoms with Gasteiger partial charge in [-0.3, -0.25) is 0 Å².